The van der Waals surface area contributed by atoms with Gasteiger partial charge in [0.1, 0.15) is 11.2 Å². The van der Waals surface area contributed by atoms with Crippen molar-refractivity contribution in [2.75, 3.05) is 0 Å². The van der Waals surface area contributed by atoms with Crippen LogP contribution in [0.3, 0.4) is 0 Å². The van der Waals surface area contributed by atoms with Crippen LogP contribution in [-0.4, -0.2) is 19.5 Å². The Morgan fingerprint density at radius 3 is 1.80 bits per heavy atom. The van der Waals surface area contributed by atoms with Crippen LogP contribution >= 0.6 is 0 Å². The molecule has 0 bridgehead atoms. The molecule has 0 N–H and O–H groups in total. The minimum Gasteiger partial charge on any atom is -0.455 e. The molecule has 0 unspecified atom stereocenters. The van der Waals surface area contributed by atoms with Crippen LogP contribution in [0.15, 0.2) is 174 Å². The molecule has 0 spiro atoms. The molecule has 5 heteroatoms. The number of hydrogen-bond acceptors (Lipinski definition) is 4. The second kappa shape index (κ2) is 11.4. The Bertz CT molecular complexity index is 2870. The molecule has 7 aromatic carbocycles. The molecule has 3 aromatic heterocycles. The molecule has 0 atom stereocenters. The summed E-state index contributed by atoms with van der Waals surface area (Å²) in [6, 6.07) is 58.7. The first kappa shape index (κ1) is 28.2. The lowest BCUT2D eigenvalue weighted by Gasteiger charge is -2.13. The summed E-state index contributed by atoms with van der Waals surface area (Å²) < 4.78 is 8.64. The Balaban J connectivity index is 1.25. The van der Waals surface area contributed by atoms with Crippen molar-refractivity contribution >= 4 is 43.7 Å². The summed E-state index contributed by atoms with van der Waals surface area (Å²) in [4.78, 5) is 15.5. The van der Waals surface area contributed by atoms with Gasteiger partial charge in [0, 0.05) is 27.1 Å². The predicted octanol–water partition coefficient (Wildman–Crippen LogP) is 11.5. The van der Waals surface area contributed by atoms with Gasteiger partial charge < -0.3 is 4.42 Å². The Morgan fingerprint density at radius 1 is 0.380 bits per heavy atom. The minimum atomic E-state index is 0.543. The highest BCUT2D eigenvalue weighted by atomic mass is 16.3. The molecular formula is C45H28N4O. The third-order valence-electron chi connectivity index (χ3n) is 9.50. The number of furan rings is 1. The lowest BCUT2D eigenvalue weighted by Crippen LogP contribution is -2.06. The van der Waals surface area contributed by atoms with Gasteiger partial charge >= 0.3 is 0 Å². The van der Waals surface area contributed by atoms with E-state index in [4.69, 9.17) is 19.4 Å². The van der Waals surface area contributed by atoms with Crippen molar-refractivity contribution in [3.63, 3.8) is 0 Å². The number of para-hydroxylation sites is 3. The van der Waals surface area contributed by atoms with E-state index in [1.807, 2.05) is 60.7 Å². The zero-order chi connectivity index (χ0) is 33.0. The smallest absolute Gasteiger partial charge is 0.238 e. The van der Waals surface area contributed by atoms with Gasteiger partial charge in [0.15, 0.2) is 11.6 Å². The SMILES string of the molecule is c1ccc(-c2nc(-c3cccc4c3oc3ccccc34)nc(-n3c4ccccc4c4ccc(-c5ccccc5-c5ccccc5)cc43)n2)cc1. The summed E-state index contributed by atoms with van der Waals surface area (Å²) in [5.74, 6) is 1.69. The van der Waals surface area contributed by atoms with E-state index < -0.39 is 0 Å². The van der Waals surface area contributed by atoms with E-state index in [-0.39, 0.29) is 0 Å². The van der Waals surface area contributed by atoms with E-state index in [0.717, 1.165) is 66.0 Å². The van der Waals surface area contributed by atoms with Crippen LogP contribution in [-0.2, 0) is 0 Å². The van der Waals surface area contributed by atoms with Crippen LogP contribution in [0.2, 0.25) is 0 Å². The molecule has 0 radical (unpaired) electrons. The standard InChI is InChI=1S/C45H28N4O/c1-3-14-29(15-4-1)32-18-7-8-19-33(32)31-26-27-35-34-20-9-11-24-39(34)49(40(35)28-31)45-47-43(30-16-5-2-6-17-30)46-44(48-45)38-23-13-22-37-36-21-10-12-25-41(36)50-42(37)38/h1-28H. The topological polar surface area (TPSA) is 56.7 Å². The molecule has 0 amide bonds. The summed E-state index contributed by atoms with van der Waals surface area (Å²) in [5.41, 5.74) is 10.00. The molecule has 0 saturated heterocycles. The van der Waals surface area contributed by atoms with Gasteiger partial charge in [-0.25, -0.2) is 4.98 Å². The van der Waals surface area contributed by atoms with Crippen molar-refractivity contribution in [1.29, 1.82) is 0 Å². The van der Waals surface area contributed by atoms with Crippen LogP contribution in [0, 0.1) is 0 Å². The van der Waals surface area contributed by atoms with Gasteiger partial charge in [-0.15, -0.1) is 0 Å². The molecule has 10 aromatic rings. The number of rotatable bonds is 5. The maximum absolute atomic E-state index is 6.46. The molecule has 50 heavy (non-hydrogen) atoms. The van der Waals surface area contributed by atoms with Crippen LogP contribution in [0.1, 0.15) is 0 Å². The molecule has 3 heterocycles. The molecule has 0 aliphatic heterocycles. The first-order valence-corrected chi connectivity index (χ1v) is 16.7. The van der Waals surface area contributed by atoms with Crippen molar-refractivity contribution in [2.24, 2.45) is 0 Å². The number of benzene rings is 7. The first-order valence-electron chi connectivity index (χ1n) is 16.7. The normalized spacial score (nSPS) is 11.6. The zero-order valence-electron chi connectivity index (χ0n) is 26.9. The van der Waals surface area contributed by atoms with Gasteiger partial charge in [-0.1, -0.05) is 146 Å². The molecule has 0 saturated carbocycles. The van der Waals surface area contributed by atoms with Crippen LogP contribution in [0.25, 0.3) is 94.7 Å². The van der Waals surface area contributed by atoms with Gasteiger partial charge in [-0.3, -0.25) is 4.57 Å². The van der Waals surface area contributed by atoms with Gasteiger partial charge in [0.05, 0.1) is 16.6 Å². The highest BCUT2D eigenvalue weighted by Gasteiger charge is 2.21. The zero-order valence-corrected chi connectivity index (χ0v) is 26.9. The number of aromatic nitrogens is 4. The number of fused-ring (bicyclic) bond motifs is 6. The van der Waals surface area contributed by atoms with Crippen molar-refractivity contribution in [2.45, 2.75) is 0 Å². The maximum Gasteiger partial charge on any atom is 0.238 e. The number of nitrogens with zero attached hydrogens (tertiary/aromatic N) is 4. The fourth-order valence-electron chi connectivity index (χ4n) is 7.18. The summed E-state index contributed by atoms with van der Waals surface area (Å²) in [5, 5.41) is 4.35. The number of hydrogen-bond donors (Lipinski definition) is 0. The van der Waals surface area contributed by atoms with E-state index in [9.17, 15) is 0 Å². The Kier molecular flexibility index (Phi) is 6.42. The third kappa shape index (κ3) is 4.52. The second-order valence-corrected chi connectivity index (χ2v) is 12.4. The summed E-state index contributed by atoms with van der Waals surface area (Å²) in [7, 11) is 0. The van der Waals surface area contributed by atoms with Crippen LogP contribution in [0.5, 0.6) is 0 Å². The van der Waals surface area contributed by atoms with E-state index in [1.165, 1.54) is 11.1 Å². The second-order valence-electron chi connectivity index (χ2n) is 12.4. The predicted molar refractivity (Wildman–Crippen MR) is 203 cm³/mol. The summed E-state index contributed by atoms with van der Waals surface area (Å²) >= 11 is 0. The first-order chi connectivity index (χ1) is 24.8. The van der Waals surface area contributed by atoms with Crippen molar-refractivity contribution < 1.29 is 4.42 Å². The fraction of sp³-hybridized carbons (Fsp3) is 0. The van der Waals surface area contributed by atoms with Crippen molar-refractivity contribution in [3.05, 3.63) is 170 Å². The Hall–Kier alpha value is -6.85. The lowest BCUT2D eigenvalue weighted by molar-refractivity contribution is 0.669. The van der Waals surface area contributed by atoms with Crippen molar-refractivity contribution in [3.8, 4) is 51.0 Å². The van der Waals surface area contributed by atoms with E-state index in [2.05, 4.69) is 114 Å². The molecule has 234 valence electrons. The molecule has 0 aliphatic carbocycles. The molecule has 10 rings (SSSR count). The average Bonchev–Trinajstić information content (AvgIpc) is 3.74. The highest BCUT2D eigenvalue weighted by molar-refractivity contribution is 6.11. The van der Waals surface area contributed by atoms with Crippen molar-refractivity contribution in [1.82, 2.24) is 19.5 Å². The monoisotopic (exact) mass is 640 g/mol. The van der Waals surface area contributed by atoms with Gasteiger partial charge in [0.25, 0.3) is 0 Å². The van der Waals surface area contributed by atoms with Crippen LogP contribution in [0.4, 0.5) is 0 Å². The quantitative estimate of drug-likeness (QED) is 0.188. The van der Waals surface area contributed by atoms with Gasteiger partial charge in [-0.2, -0.15) is 9.97 Å². The highest BCUT2D eigenvalue weighted by Crippen LogP contribution is 2.39. The molecule has 5 nitrogen and oxygen atoms in total. The molecule has 0 aliphatic rings. The van der Waals surface area contributed by atoms with Gasteiger partial charge in [-0.05, 0) is 46.5 Å². The Morgan fingerprint density at radius 2 is 0.980 bits per heavy atom. The largest absolute Gasteiger partial charge is 0.455 e. The Labute approximate surface area is 287 Å². The van der Waals surface area contributed by atoms with Crippen LogP contribution < -0.4 is 0 Å². The van der Waals surface area contributed by atoms with Gasteiger partial charge in [0.2, 0.25) is 5.95 Å². The van der Waals surface area contributed by atoms with E-state index in [0.29, 0.717) is 17.6 Å². The van der Waals surface area contributed by atoms with E-state index >= 15 is 0 Å². The third-order valence-corrected chi connectivity index (χ3v) is 9.50. The summed E-state index contributed by atoms with van der Waals surface area (Å²) in [6.07, 6.45) is 0. The maximum atomic E-state index is 6.46. The molecule has 0 fully saturated rings. The molecular weight excluding hydrogens is 613 g/mol. The minimum absolute atomic E-state index is 0.543. The summed E-state index contributed by atoms with van der Waals surface area (Å²) in [6.45, 7) is 0. The van der Waals surface area contributed by atoms with E-state index in [1.54, 1.807) is 0 Å². The fourth-order valence-corrected chi connectivity index (χ4v) is 7.18. The lowest BCUT2D eigenvalue weighted by atomic mass is 9.94. The average molecular weight is 641 g/mol.